The van der Waals surface area contributed by atoms with E-state index in [2.05, 4.69) is 16.9 Å². The van der Waals surface area contributed by atoms with Gasteiger partial charge in [0.15, 0.2) is 0 Å². The quantitative estimate of drug-likeness (QED) is 0.866. The predicted octanol–water partition coefficient (Wildman–Crippen LogP) is 3.53. The zero-order chi connectivity index (χ0) is 17.6. The van der Waals surface area contributed by atoms with E-state index in [1.807, 2.05) is 13.0 Å². The minimum absolute atomic E-state index is 0.0561. The molecule has 1 aromatic carbocycles. The van der Waals surface area contributed by atoms with Gasteiger partial charge in [-0.1, -0.05) is 5.57 Å². The fraction of sp³-hybridized carbons (Fsp3) is 0.500. The van der Waals surface area contributed by atoms with E-state index in [9.17, 15) is 9.18 Å². The van der Waals surface area contributed by atoms with E-state index in [1.165, 1.54) is 6.07 Å². The molecule has 0 amide bonds. The molecular formula is C20H24FN3O. The summed E-state index contributed by atoms with van der Waals surface area (Å²) in [6.07, 6.45) is 5.56. The minimum atomic E-state index is -0.441. The van der Waals surface area contributed by atoms with E-state index in [-0.39, 0.29) is 17.0 Å². The lowest BCUT2D eigenvalue weighted by Crippen LogP contribution is -2.36. The molecule has 5 heteroatoms. The van der Waals surface area contributed by atoms with Gasteiger partial charge in [0.05, 0.1) is 17.9 Å². The molecule has 0 radical (unpaired) electrons. The monoisotopic (exact) mass is 341 g/mol. The Morgan fingerprint density at radius 3 is 3.04 bits per heavy atom. The number of benzene rings is 1. The average molecular weight is 341 g/mol. The van der Waals surface area contributed by atoms with Crippen molar-refractivity contribution in [3.8, 4) is 0 Å². The van der Waals surface area contributed by atoms with Crippen LogP contribution in [-0.2, 0) is 0 Å². The van der Waals surface area contributed by atoms with Crippen molar-refractivity contribution >= 4 is 10.9 Å². The molecular weight excluding hydrogens is 317 g/mol. The lowest BCUT2D eigenvalue weighted by molar-refractivity contribution is 0.362. The summed E-state index contributed by atoms with van der Waals surface area (Å²) in [5, 5.41) is 3.41. The molecule has 1 aliphatic carbocycles. The van der Waals surface area contributed by atoms with Gasteiger partial charge in [-0.2, -0.15) is 0 Å². The molecule has 0 spiro atoms. The van der Waals surface area contributed by atoms with E-state index in [0.717, 1.165) is 49.9 Å². The van der Waals surface area contributed by atoms with Crippen LogP contribution in [0.2, 0.25) is 0 Å². The number of hydrogen-bond donors (Lipinski definition) is 1. The van der Waals surface area contributed by atoms with E-state index in [1.54, 1.807) is 10.9 Å². The summed E-state index contributed by atoms with van der Waals surface area (Å²) in [6.45, 7) is 7.69. The Hall–Kier alpha value is -2.01. The molecule has 1 N–H and O–H groups in total. The van der Waals surface area contributed by atoms with E-state index < -0.39 is 5.82 Å². The maximum absolute atomic E-state index is 14.7. The highest BCUT2D eigenvalue weighted by Crippen LogP contribution is 2.51. The van der Waals surface area contributed by atoms with Crippen LogP contribution in [0, 0.1) is 11.7 Å². The second-order valence-corrected chi connectivity index (χ2v) is 7.62. The van der Waals surface area contributed by atoms with E-state index >= 15 is 0 Å². The summed E-state index contributed by atoms with van der Waals surface area (Å²) in [5.41, 5.74) is 2.33. The maximum Gasteiger partial charge on any atom is 0.264 e. The lowest BCUT2D eigenvalue weighted by atomic mass is 10.0. The minimum Gasteiger partial charge on any atom is -0.315 e. The average Bonchev–Trinajstić information content (AvgIpc) is 3.34. The molecule has 25 heavy (non-hydrogen) atoms. The molecule has 1 saturated heterocycles. The summed E-state index contributed by atoms with van der Waals surface area (Å²) in [5.74, 6) is 0.467. The molecule has 4 nitrogen and oxygen atoms in total. The van der Waals surface area contributed by atoms with Crippen molar-refractivity contribution in [1.29, 1.82) is 0 Å². The molecule has 3 unspecified atom stereocenters. The number of nitrogens with one attached hydrogen (secondary N) is 1. The van der Waals surface area contributed by atoms with Crippen LogP contribution >= 0.6 is 0 Å². The highest BCUT2D eigenvalue weighted by Gasteiger charge is 2.38. The fourth-order valence-electron chi connectivity index (χ4n) is 4.11. The van der Waals surface area contributed by atoms with Gasteiger partial charge in [-0.15, -0.1) is 6.58 Å². The highest BCUT2D eigenvalue weighted by molar-refractivity contribution is 5.79. The van der Waals surface area contributed by atoms with Gasteiger partial charge in [-0.3, -0.25) is 9.36 Å². The van der Waals surface area contributed by atoms with Crippen molar-refractivity contribution in [1.82, 2.24) is 14.9 Å². The number of aromatic nitrogens is 2. The van der Waals surface area contributed by atoms with Crippen molar-refractivity contribution in [2.45, 2.75) is 44.6 Å². The normalized spacial score (nSPS) is 25.9. The van der Waals surface area contributed by atoms with Gasteiger partial charge < -0.3 is 5.32 Å². The van der Waals surface area contributed by atoms with E-state index in [0.29, 0.717) is 17.4 Å². The molecule has 2 aromatic rings. The number of fused-ring (bicyclic) bond motifs is 1. The summed E-state index contributed by atoms with van der Waals surface area (Å²) in [6, 6.07) is 3.49. The molecule has 132 valence electrons. The zero-order valence-corrected chi connectivity index (χ0v) is 14.6. The predicted molar refractivity (Wildman–Crippen MR) is 97.4 cm³/mol. The number of piperidine rings is 1. The molecule has 0 bridgehead atoms. The number of rotatable bonds is 4. The topological polar surface area (TPSA) is 46.9 Å². The van der Waals surface area contributed by atoms with Crippen molar-refractivity contribution in [2.75, 3.05) is 13.1 Å². The third-order valence-electron chi connectivity index (χ3n) is 5.49. The van der Waals surface area contributed by atoms with Crippen molar-refractivity contribution < 1.29 is 4.39 Å². The van der Waals surface area contributed by atoms with Gasteiger partial charge in [0.2, 0.25) is 0 Å². The SMILES string of the molecule is C=C(C)CC1CC1c1cc(F)c2c(=O)n(C3CCCNC3)cnc2c1. The van der Waals surface area contributed by atoms with Gasteiger partial charge >= 0.3 is 0 Å². The third-order valence-corrected chi connectivity index (χ3v) is 5.49. The largest absolute Gasteiger partial charge is 0.315 e. The van der Waals surface area contributed by atoms with Gasteiger partial charge in [0.25, 0.3) is 5.56 Å². The van der Waals surface area contributed by atoms with Gasteiger partial charge in [0, 0.05) is 6.54 Å². The maximum atomic E-state index is 14.7. The molecule has 2 aliphatic rings. The number of hydrogen-bond acceptors (Lipinski definition) is 3. The van der Waals surface area contributed by atoms with Crippen LogP contribution in [0.5, 0.6) is 0 Å². The first kappa shape index (κ1) is 16.5. The summed E-state index contributed by atoms with van der Waals surface area (Å²) in [4.78, 5) is 17.2. The molecule has 2 heterocycles. The molecule has 3 atom stereocenters. The first-order valence-electron chi connectivity index (χ1n) is 9.10. The standard InChI is InChI=1S/C20H24FN3O/c1-12(2)6-13-7-16(13)14-8-17(21)19-18(9-14)23-11-24(20(19)25)15-4-3-5-22-10-15/h8-9,11,13,15-16,22H,1,3-7,10H2,2H3. The third kappa shape index (κ3) is 3.13. The second kappa shape index (κ2) is 6.37. The Morgan fingerprint density at radius 2 is 2.32 bits per heavy atom. The van der Waals surface area contributed by atoms with E-state index in [4.69, 9.17) is 0 Å². The molecule has 1 aliphatic heterocycles. The van der Waals surface area contributed by atoms with Gasteiger partial charge in [-0.05, 0) is 68.7 Å². The highest BCUT2D eigenvalue weighted by atomic mass is 19.1. The van der Waals surface area contributed by atoms with Crippen LogP contribution in [0.15, 0.2) is 35.4 Å². The van der Waals surface area contributed by atoms with Crippen molar-refractivity contribution in [2.24, 2.45) is 5.92 Å². The number of allylic oxidation sites excluding steroid dienone is 1. The Bertz CT molecular complexity index is 882. The summed E-state index contributed by atoms with van der Waals surface area (Å²) in [7, 11) is 0. The smallest absolute Gasteiger partial charge is 0.264 e. The summed E-state index contributed by atoms with van der Waals surface area (Å²) < 4.78 is 16.3. The van der Waals surface area contributed by atoms with Crippen LogP contribution in [0.25, 0.3) is 10.9 Å². The zero-order valence-electron chi connectivity index (χ0n) is 14.6. The van der Waals surface area contributed by atoms with Crippen LogP contribution in [-0.4, -0.2) is 22.6 Å². The second-order valence-electron chi connectivity index (χ2n) is 7.62. The molecule has 2 fully saturated rings. The summed E-state index contributed by atoms with van der Waals surface area (Å²) >= 11 is 0. The molecule has 1 aromatic heterocycles. The lowest BCUT2D eigenvalue weighted by Gasteiger charge is -2.24. The Kier molecular flexibility index (Phi) is 4.20. The Balaban J connectivity index is 1.69. The Morgan fingerprint density at radius 1 is 1.48 bits per heavy atom. The first-order chi connectivity index (χ1) is 12.0. The molecule has 4 rings (SSSR count). The van der Waals surface area contributed by atoms with Crippen molar-refractivity contribution in [3.05, 3.63) is 52.3 Å². The molecule has 1 saturated carbocycles. The van der Waals surface area contributed by atoms with Gasteiger partial charge in [0.1, 0.15) is 11.2 Å². The number of nitrogens with zero attached hydrogens (tertiary/aromatic N) is 2. The fourth-order valence-corrected chi connectivity index (χ4v) is 4.11. The van der Waals surface area contributed by atoms with Gasteiger partial charge in [-0.25, -0.2) is 9.37 Å². The Labute approximate surface area is 146 Å². The van der Waals surface area contributed by atoms with Crippen LogP contribution in [0.1, 0.15) is 50.1 Å². The van der Waals surface area contributed by atoms with Crippen molar-refractivity contribution in [3.63, 3.8) is 0 Å². The van der Waals surface area contributed by atoms with Crippen LogP contribution in [0.4, 0.5) is 4.39 Å². The van der Waals surface area contributed by atoms with Crippen LogP contribution < -0.4 is 10.9 Å². The number of halogens is 1. The van der Waals surface area contributed by atoms with Crippen LogP contribution in [0.3, 0.4) is 0 Å². The first-order valence-corrected chi connectivity index (χ1v) is 9.10.